The van der Waals surface area contributed by atoms with Crippen LogP contribution in [0.1, 0.15) is 65.3 Å². The van der Waals surface area contributed by atoms with Crippen LogP contribution in [0.4, 0.5) is 22.0 Å². The van der Waals surface area contributed by atoms with Gasteiger partial charge in [0.15, 0.2) is 23.9 Å². The minimum absolute atomic E-state index is 0.130. The Morgan fingerprint density at radius 3 is 2.53 bits per heavy atom. The summed E-state index contributed by atoms with van der Waals surface area (Å²) in [6, 6.07) is 1.31. The molecule has 2 aliphatic carbocycles. The molecule has 2 fully saturated rings. The van der Waals surface area contributed by atoms with E-state index in [0.717, 1.165) is 25.7 Å². The van der Waals surface area contributed by atoms with E-state index in [9.17, 15) is 26.7 Å². The van der Waals surface area contributed by atoms with Crippen LogP contribution < -0.4 is 10.1 Å². The van der Waals surface area contributed by atoms with Crippen LogP contribution in [0.15, 0.2) is 16.8 Å². The van der Waals surface area contributed by atoms with Crippen LogP contribution in [0, 0.1) is 12.8 Å². The summed E-state index contributed by atoms with van der Waals surface area (Å²) in [5.74, 6) is -5.20. The van der Waals surface area contributed by atoms with Crippen LogP contribution in [0.2, 0.25) is 0 Å². The average Bonchev–Trinajstić information content (AvgIpc) is 3.64. The third-order valence-electron chi connectivity index (χ3n) is 5.51. The summed E-state index contributed by atoms with van der Waals surface area (Å²) in [5.41, 5.74) is 0.274. The molecule has 4 rings (SSSR count). The predicted molar refractivity (Wildman–Crippen MR) is 99.5 cm³/mol. The van der Waals surface area contributed by atoms with E-state index in [1.807, 2.05) is 0 Å². The molecule has 0 radical (unpaired) electrons. The molecule has 174 valence electrons. The van der Waals surface area contributed by atoms with Crippen molar-refractivity contribution in [1.82, 2.24) is 20.4 Å². The van der Waals surface area contributed by atoms with Gasteiger partial charge in [-0.05, 0) is 49.1 Å². The molecular weight excluding hydrogens is 439 g/mol. The second kappa shape index (κ2) is 8.28. The molecule has 1 amide bonds. The molecule has 0 aliphatic heterocycles. The van der Waals surface area contributed by atoms with Gasteiger partial charge in [0, 0.05) is 25.6 Å². The molecule has 2 saturated carbocycles. The van der Waals surface area contributed by atoms with Crippen molar-refractivity contribution in [3.05, 3.63) is 35.2 Å². The Hall–Kier alpha value is -2.79. The molecule has 12 heteroatoms. The summed E-state index contributed by atoms with van der Waals surface area (Å²) in [7, 11) is 0. The Labute approximate surface area is 179 Å². The topological polar surface area (TPSA) is 90.1 Å². The lowest BCUT2D eigenvalue weighted by Crippen LogP contribution is -2.42. The summed E-state index contributed by atoms with van der Waals surface area (Å²) < 4.78 is 74.1. The molecule has 0 saturated heterocycles. The highest BCUT2D eigenvalue weighted by Crippen LogP contribution is 2.43. The number of ether oxygens (including phenoxy) is 1. The summed E-state index contributed by atoms with van der Waals surface area (Å²) in [6.07, 6.45) is -0.788. The molecule has 0 bridgehead atoms. The maximum Gasteiger partial charge on any atom is 0.456 e. The molecule has 2 heterocycles. The lowest BCUT2D eigenvalue weighted by atomic mass is 10.0. The van der Waals surface area contributed by atoms with E-state index in [1.54, 1.807) is 6.92 Å². The minimum Gasteiger partial charge on any atom is -0.484 e. The fourth-order valence-corrected chi connectivity index (χ4v) is 3.35. The van der Waals surface area contributed by atoms with Crippen molar-refractivity contribution >= 4 is 5.91 Å². The quantitative estimate of drug-likeness (QED) is 0.566. The number of nitrogens with one attached hydrogen (secondary N) is 1. The van der Waals surface area contributed by atoms with Crippen molar-refractivity contribution < 1.29 is 36.0 Å². The molecule has 0 unspecified atom stereocenters. The van der Waals surface area contributed by atoms with Crippen LogP contribution in [0.25, 0.3) is 0 Å². The second-order valence-corrected chi connectivity index (χ2v) is 8.21. The van der Waals surface area contributed by atoms with Gasteiger partial charge in [0.05, 0.1) is 0 Å². The zero-order valence-electron chi connectivity index (χ0n) is 17.1. The molecule has 0 aromatic carbocycles. The summed E-state index contributed by atoms with van der Waals surface area (Å²) in [5, 5.41) is 6.54. The van der Waals surface area contributed by atoms with E-state index in [4.69, 9.17) is 9.26 Å². The third kappa shape index (κ3) is 4.99. The fraction of sp³-hybridized carbons (Fsp3) is 0.600. The monoisotopic (exact) mass is 460 g/mol. The number of carbonyl (C=O) groups excluding carboxylic acids is 1. The van der Waals surface area contributed by atoms with Gasteiger partial charge >= 0.3 is 12.1 Å². The molecular formula is C20H21F5N4O3. The first kappa shape index (κ1) is 22.4. The second-order valence-electron chi connectivity index (χ2n) is 8.21. The molecule has 7 nitrogen and oxygen atoms in total. The van der Waals surface area contributed by atoms with E-state index in [-0.39, 0.29) is 30.0 Å². The van der Waals surface area contributed by atoms with Crippen molar-refractivity contribution in [3.63, 3.8) is 0 Å². The zero-order valence-corrected chi connectivity index (χ0v) is 17.1. The highest BCUT2D eigenvalue weighted by Gasteiger charge is 2.58. The van der Waals surface area contributed by atoms with Gasteiger partial charge in [-0.1, -0.05) is 5.16 Å². The standard InChI is InChI=1S/C20H21F5N4O3/c1-10-28-17(29-32-10)14(12-4-5-12)8-27-18(30)16-15(6-13(7-26-16)11-2-3-11)31-9-19(21,22)20(23,24)25/h6-7,11-12,14H,2-5,8-9H2,1H3,(H,27,30)/t14-/m1/s1. The van der Waals surface area contributed by atoms with Crippen molar-refractivity contribution in [3.8, 4) is 5.75 Å². The van der Waals surface area contributed by atoms with Gasteiger partial charge in [0.1, 0.15) is 0 Å². The Morgan fingerprint density at radius 2 is 1.97 bits per heavy atom. The SMILES string of the molecule is Cc1nc([C@H](CNC(=O)c2ncc(C3CC3)cc2OCC(F)(F)C(F)(F)F)C2CC2)no1. The van der Waals surface area contributed by atoms with Crippen LogP contribution in [0.5, 0.6) is 5.75 Å². The molecule has 2 aromatic heterocycles. The largest absolute Gasteiger partial charge is 0.484 e. The van der Waals surface area contributed by atoms with Gasteiger partial charge in [-0.2, -0.15) is 26.9 Å². The van der Waals surface area contributed by atoms with Crippen LogP contribution in [-0.2, 0) is 0 Å². The smallest absolute Gasteiger partial charge is 0.456 e. The Morgan fingerprint density at radius 1 is 1.25 bits per heavy atom. The van der Waals surface area contributed by atoms with Gasteiger partial charge in [-0.15, -0.1) is 0 Å². The van der Waals surface area contributed by atoms with Crippen molar-refractivity contribution in [1.29, 1.82) is 0 Å². The number of carbonyl (C=O) groups is 1. The molecule has 1 atom stereocenters. The maximum absolute atomic E-state index is 13.4. The number of halogens is 5. The predicted octanol–water partition coefficient (Wildman–Crippen LogP) is 4.15. The van der Waals surface area contributed by atoms with E-state index in [0.29, 0.717) is 17.3 Å². The van der Waals surface area contributed by atoms with E-state index >= 15 is 0 Å². The first-order valence-electron chi connectivity index (χ1n) is 10.2. The van der Waals surface area contributed by atoms with Crippen LogP contribution >= 0.6 is 0 Å². The zero-order chi connectivity index (χ0) is 23.1. The number of nitrogens with zero attached hydrogens (tertiary/aromatic N) is 3. The van der Waals surface area contributed by atoms with Crippen molar-refractivity contribution in [2.75, 3.05) is 13.2 Å². The molecule has 2 aromatic rings. The van der Waals surface area contributed by atoms with Crippen LogP contribution in [0.3, 0.4) is 0 Å². The van der Waals surface area contributed by atoms with Gasteiger partial charge < -0.3 is 14.6 Å². The first-order valence-corrected chi connectivity index (χ1v) is 10.2. The van der Waals surface area contributed by atoms with E-state index in [1.165, 1.54) is 12.3 Å². The number of pyridine rings is 1. The van der Waals surface area contributed by atoms with Crippen molar-refractivity contribution in [2.45, 2.75) is 56.5 Å². The summed E-state index contributed by atoms with van der Waals surface area (Å²) >= 11 is 0. The normalized spacial score (nSPS) is 17.8. The lowest BCUT2D eigenvalue weighted by molar-refractivity contribution is -0.290. The first-order chi connectivity index (χ1) is 15.0. The molecule has 1 N–H and O–H groups in total. The maximum atomic E-state index is 13.4. The summed E-state index contributed by atoms with van der Waals surface area (Å²) in [4.78, 5) is 20.9. The Balaban J connectivity index is 1.49. The fourth-order valence-electron chi connectivity index (χ4n) is 3.35. The number of alkyl halides is 5. The highest BCUT2D eigenvalue weighted by molar-refractivity contribution is 5.95. The molecule has 0 spiro atoms. The van der Waals surface area contributed by atoms with Crippen molar-refractivity contribution in [2.24, 2.45) is 5.92 Å². The number of hydrogen-bond donors (Lipinski definition) is 1. The van der Waals surface area contributed by atoms with Gasteiger partial charge in [0.25, 0.3) is 5.91 Å². The third-order valence-corrected chi connectivity index (χ3v) is 5.51. The van der Waals surface area contributed by atoms with E-state index < -0.39 is 30.4 Å². The molecule has 2 aliphatic rings. The average molecular weight is 460 g/mol. The number of aromatic nitrogens is 3. The van der Waals surface area contributed by atoms with Gasteiger partial charge in [-0.3, -0.25) is 4.79 Å². The lowest BCUT2D eigenvalue weighted by Gasteiger charge is -2.21. The minimum atomic E-state index is -5.77. The number of amides is 1. The highest BCUT2D eigenvalue weighted by atomic mass is 19.4. The number of hydrogen-bond acceptors (Lipinski definition) is 6. The Kier molecular flexibility index (Phi) is 5.80. The summed E-state index contributed by atoms with van der Waals surface area (Å²) in [6.45, 7) is -0.170. The van der Waals surface area contributed by atoms with Gasteiger partial charge in [-0.25, -0.2) is 4.98 Å². The van der Waals surface area contributed by atoms with E-state index in [2.05, 4.69) is 20.4 Å². The van der Waals surface area contributed by atoms with Crippen LogP contribution in [-0.4, -0.2) is 46.3 Å². The molecule has 32 heavy (non-hydrogen) atoms. The number of rotatable bonds is 9. The van der Waals surface area contributed by atoms with Gasteiger partial charge in [0.2, 0.25) is 5.89 Å². The Bertz CT molecular complexity index is 986. The number of aryl methyl sites for hydroxylation is 1.